The molecule has 0 aliphatic carbocycles. The number of benzene rings is 3. The van der Waals surface area contributed by atoms with E-state index >= 15 is 0 Å². The van der Waals surface area contributed by atoms with Crippen molar-refractivity contribution in [2.45, 2.75) is 18.1 Å². The third-order valence-corrected chi connectivity index (χ3v) is 7.03. The lowest BCUT2D eigenvalue weighted by molar-refractivity contribution is -0.187. The van der Waals surface area contributed by atoms with Crippen LogP contribution >= 0.6 is 0 Å². The molecule has 3 aromatic carbocycles. The number of cyclic esters (lactones) is 1. The smallest absolute Gasteiger partial charge is 0.341 e. The SMILES string of the molecule is COc1ccc(C2(O)OC(=O)C=C2C(C2=COCO2)(c2ccc(C)cc2)c2ccc(OC)cc2OCC(=O)O)cc1. The predicted octanol–water partition coefficient (Wildman–Crippen LogP) is 3.94. The summed E-state index contributed by atoms with van der Waals surface area (Å²) in [6.45, 7) is 1.12. The van der Waals surface area contributed by atoms with Crippen molar-refractivity contribution in [2.24, 2.45) is 0 Å². The van der Waals surface area contributed by atoms with Crippen molar-refractivity contribution in [2.75, 3.05) is 27.6 Å². The number of allylic oxidation sites excluding steroid dienone is 1. The predicted molar refractivity (Wildman–Crippen MR) is 144 cm³/mol. The number of carbonyl (C=O) groups excluding carboxylic acids is 1. The Hall–Kier alpha value is -4.96. The molecule has 41 heavy (non-hydrogen) atoms. The van der Waals surface area contributed by atoms with Crippen LogP contribution in [0.25, 0.3) is 0 Å². The normalized spacial score (nSPS) is 19.2. The van der Waals surface area contributed by atoms with Gasteiger partial charge in [0.2, 0.25) is 6.79 Å². The highest BCUT2D eigenvalue weighted by atomic mass is 16.7. The number of aliphatic hydroxyl groups is 1. The summed E-state index contributed by atoms with van der Waals surface area (Å²) in [5, 5.41) is 21.7. The number of rotatable bonds is 10. The minimum absolute atomic E-state index is 0.0751. The third-order valence-electron chi connectivity index (χ3n) is 7.03. The van der Waals surface area contributed by atoms with Crippen LogP contribution in [-0.4, -0.2) is 49.8 Å². The molecule has 0 bridgehead atoms. The lowest BCUT2D eigenvalue weighted by Crippen LogP contribution is -2.43. The summed E-state index contributed by atoms with van der Waals surface area (Å²) in [5.74, 6) is -3.03. The Morgan fingerprint density at radius 1 is 1.00 bits per heavy atom. The van der Waals surface area contributed by atoms with Crippen LogP contribution in [0.2, 0.25) is 0 Å². The fraction of sp³-hybridized carbons (Fsp3) is 0.226. The number of carboxylic acids is 1. The Balaban J connectivity index is 1.87. The maximum Gasteiger partial charge on any atom is 0.341 e. The molecule has 5 rings (SSSR count). The van der Waals surface area contributed by atoms with Crippen LogP contribution in [0.4, 0.5) is 0 Å². The van der Waals surface area contributed by atoms with E-state index in [1.54, 1.807) is 36.4 Å². The molecule has 0 aromatic heterocycles. The van der Waals surface area contributed by atoms with E-state index < -0.39 is 29.7 Å². The van der Waals surface area contributed by atoms with E-state index in [0.29, 0.717) is 22.6 Å². The summed E-state index contributed by atoms with van der Waals surface area (Å²) in [7, 11) is 2.98. The molecule has 2 N–H and O–H groups in total. The number of aryl methyl sites for hydroxylation is 1. The van der Waals surface area contributed by atoms with Crippen molar-refractivity contribution in [3.05, 3.63) is 113 Å². The average Bonchev–Trinajstić information content (AvgIpc) is 3.62. The van der Waals surface area contributed by atoms with Gasteiger partial charge in [-0.2, -0.15) is 0 Å². The molecule has 10 heteroatoms. The Bertz CT molecular complexity index is 1520. The van der Waals surface area contributed by atoms with Crippen LogP contribution in [0.15, 0.2) is 90.4 Å². The highest BCUT2D eigenvalue weighted by molar-refractivity contribution is 5.89. The number of carboxylic acid groups (broad SMARTS) is 1. The first-order valence-electron chi connectivity index (χ1n) is 12.6. The highest BCUT2D eigenvalue weighted by Crippen LogP contribution is 2.57. The molecule has 2 atom stereocenters. The van der Waals surface area contributed by atoms with Crippen LogP contribution in [0.1, 0.15) is 22.3 Å². The summed E-state index contributed by atoms with van der Waals surface area (Å²) >= 11 is 0. The second-order valence-corrected chi connectivity index (χ2v) is 9.42. The summed E-state index contributed by atoms with van der Waals surface area (Å²) < 4.78 is 33.6. The zero-order chi connectivity index (χ0) is 29.2. The second-order valence-electron chi connectivity index (χ2n) is 9.42. The van der Waals surface area contributed by atoms with E-state index in [9.17, 15) is 19.8 Å². The fourth-order valence-electron chi connectivity index (χ4n) is 5.14. The molecule has 212 valence electrons. The first-order valence-corrected chi connectivity index (χ1v) is 12.6. The van der Waals surface area contributed by atoms with Crippen LogP contribution in [0.3, 0.4) is 0 Å². The lowest BCUT2D eigenvalue weighted by Gasteiger charge is -2.41. The molecule has 0 amide bonds. The molecular formula is C31H28O10. The van der Waals surface area contributed by atoms with Gasteiger partial charge in [0.05, 0.1) is 14.2 Å². The molecule has 2 unspecified atom stereocenters. The third kappa shape index (κ3) is 4.82. The molecule has 0 saturated carbocycles. The van der Waals surface area contributed by atoms with Gasteiger partial charge >= 0.3 is 11.9 Å². The molecule has 0 fully saturated rings. The molecule has 2 aliphatic rings. The number of ether oxygens (including phenoxy) is 6. The zero-order valence-corrected chi connectivity index (χ0v) is 22.6. The first-order chi connectivity index (χ1) is 19.7. The average molecular weight is 561 g/mol. The highest BCUT2D eigenvalue weighted by Gasteiger charge is 2.59. The summed E-state index contributed by atoms with van der Waals surface area (Å²) in [4.78, 5) is 24.6. The van der Waals surface area contributed by atoms with E-state index in [1.165, 1.54) is 32.6 Å². The molecule has 10 nitrogen and oxygen atoms in total. The standard InChI is InChI=1S/C31H28O10/c1-19-4-6-20(7-5-19)30(27-16-38-18-40-27,24-13-12-23(37-3)14-25(24)39-17-28(32)33)26-15-29(34)41-31(26,35)21-8-10-22(36-2)11-9-21/h4-16,35H,17-18H2,1-3H3,(H,32,33). The summed E-state index contributed by atoms with van der Waals surface area (Å²) in [5.41, 5.74) is 0.568. The van der Waals surface area contributed by atoms with Crippen molar-refractivity contribution >= 4 is 11.9 Å². The summed E-state index contributed by atoms with van der Waals surface area (Å²) in [6.07, 6.45) is 2.60. The van der Waals surface area contributed by atoms with E-state index in [1.807, 2.05) is 31.2 Å². The maximum atomic E-state index is 13.0. The quantitative estimate of drug-likeness (QED) is 0.352. The number of hydrogen-bond donors (Lipinski definition) is 2. The van der Waals surface area contributed by atoms with Gasteiger partial charge < -0.3 is 38.6 Å². The number of carbonyl (C=O) groups is 2. The van der Waals surface area contributed by atoms with Crippen molar-refractivity contribution in [1.29, 1.82) is 0 Å². The Labute approximate surface area is 235 Å². The maximum absolute atomic E-state index is 13.0. The Morgan fingerprint density at radius 3 is 2.29 bits per heavy atom. The molecule has 2 aliphatic heterocycles. The molecule has 2 heterocycles. The van der Waals surface area contributed by atoms with Crippen molar-refractivity contribution in [3.8, 4) is 17.2 Å². The Morgan fingerprint density at radius 2 is 1.68 bits per heavy atom. The number of aliphatic carboxylic acids is 1. The molecule has 0 spiro atoms. The van der Waals surface area contributed by atoms with Crippen LogP contribution in [0.5, 0.6) is 17.2 Å². The first kappa shape index (κ1) is 27.6. The number of hydrogen-bond acceptors (Lipinski definition) is 9. The van der Waals surface area contributed by atoms with E-state index in [0.717, 1.165) is 5.56 Å². The van der Waals surface area contributed by atoms with Crippen molar-refractivity contribution in [1.82, 2.24) is 0 Å². The fourth-order valence-corrected chi connectivity index (χ4v) is 5.14. The zero-order valence-electron chi connectivity index (χ0n) is 22.6. The van der Waals surface area contributed by atoms with Crippen LogP contribution < -0.4 is 14.2 Å². The van der Waals surface area contributed by atoms with E-state index in [2.05, 4.69) is 0 Å². The largest absolute Gasteiger partial charge is 0.497 e. The number of methoxy groups -OCH3 is 2. The molecule has 3 aromatic rings. The van der Waals surface area contributed by atoms with E-state index in [4.69, 9.17) is 28.4 Å². The minimum atomic E-state index is -2.29. The van der Waals surface area contributed by atoms with Gasteiger partial charge in [0.25, 0.3) is 5.79 Å². The van der Waals surface area contributed by atoms with Gasteiger partial charge in [0.1, 0.15) is 28.9 Å². The van der Waals surface area contributed by atoms with Gasteiger partial charge in [0.15, 0.2) is 12.4 Å². The Kier molecular flexibility index (Phi) is 7.34. The van der Waals surface area contributed by atoms with Gasteiger partial charge in [-0.25, -0.2) is 9.59 Å². The van der Waals surface area contributed by atoms with Crippen LogP contribution in [0, 0.1) is 6.92 Å². The van der Waals surface area contributed by atoms with Gasteiger partial charge in [-0.15, -0.1) is 0 Å². The topological polar surface area (TPSA) is 130 Å². The second kappa shape index (κ2) is 10.9. The van der Waals surface area contributed by atoms with Crippen LogP contribution in [-0.2, 0) is 35.0 Å². The molecule has 0 saturated heterocycles. The van der Waals surface area contributed by atoms with E-state index in [-0.39, 0.29) is 29.4 Å². The van der Waals surface area contributed by atoms with Gasteiger partial charge in [-0.1, -0.05) is 29.8 Å². The van der Waals surface area contributed by atoms with Gasteiger partial charge in [-0.05, 0) is 48.9 Å². The lowest BCUT2D eigenvalue weighted by atomic mass is 9.64. The minimum Gasteiger partial charge on any atom is -0.497 e. The van der Waals surface area contributed by atoms with Gasteiger partial charge in [-0.3, -0.25) is 0 Å². The van der Waals surface area contributed by atoms with Crippen molar-refractivity contribution in [3.63, 3.8) is 0 Å². The summed E-state index contributed by atoms with van der Waals surface area (Å²) in [6, 6.07) is 18.7. The number of esters is 1. The monoisotopic (exact) mass is 560 g/mol. The van der Waals surface area contributed by atoms with Gasteiger partial charge in [0, 0.05) is 28.8 Å². The molecule has 0 radical (unpaired) electrons. The van der Waals surface area contributed by atoms with Crippen molar-refractivity contribution < 1.29 is 48.2 Å². The molecular weight excluding hydrogens is 532 g/mol.